The van der Waals surface area contributed by atoms with Gasteiger partial charge in [0.2, 0.25) is 5.60 Å². The lowest BCUT2D eigenvalue weighted by atomic mass is 9.58. The second kappa shape index (κ2) is 7.54. The van der Waals surface area contributed by atoms with Crippen LogP contribution in [0, 0.1) is 45.3 Å². The molecule has 8 nitrogen and oxygen atoms in total. The molecule has 0 aromatic carbocycles. The Morgan fingerprint density at radius 3 is 2.37 bits per heavy atom. The zero-order valence-electron chi connectivity index (χ0n) is 25.8. The first-order chi connectivity index (χ1) is 18.8. The monoisotopic (exact) mass is 568 g/mol. The van der Waals surface area contributed by atoms with Crippen molar-refractivity contribution in [3.63, 3.8) is 0 Å². The van der Waals surface area contributed by atoms with Crippen molar-refractivity contribution in [2.24, 2.45) is 45.3 Å². The molecule has 224 valence electrons. The fourth-order valence-corrected chi connectivity index (χ4v) is 10.2. The smallest absolute Gasteiger partial charge is 0.351 e. The van der Waals surface area contributed by atoms with Crippen LogP contribution >= 0.6 is 0 Å². The van der Waals surface area contributed by atoms with Gasteiger partial charge in [-0.25, -0.2) is 4.79 Å². The number of ether oxygens (including phenoxy) is 4. The minimum atomic E-state index is -1.91. The Morgan fingerprint density at radius 1 is 1.07 bits per heavy atom. The molecule has 7 aliphatic rings. The average molecular weight is 569 g/mol. The number of fused-ring (bicyclic) bond motifs is 7. The van der Waals surface area contributed by atoms with Gasteiger partial charge in [0.05, 0.1) is 17.4 Å². The molecule has 1 spiro atoms. The molecule has 1 N–H and O–H groups in total. The maximum Gasteiger partial charge on any atom is 0.351 e. The molecular weight excluding hydrogens is 524 g/mol. The van der Waals surface area contributed by atoms with Crippen LogP contribution < -0.4 is 0 Å². The molecule has 0 radical (unpaired) electrons. The molecular formula is C33H44O8. The van der Waals surface area contributed by atoms with Crippen LogP contribution in [0.4, 0.5) is 0 Å². The summed E-state index contributed by atoms with van der Waals surface area (Å²) in [7, 11) is 0. The van der Waals surface area contributed by atoms with Gasteiger partial charge < -0.3 is 24.1 Å². The molecule has 8 heteroatoms. The lowest BCUT2D eigenvalue weighted by Crippen LogP contribution is -2.68. The number of hydrogen-bond donors (Lipinski definition) is 1. The van der Waals surface area contributed by atoms with Gasteiger partial charge in [0.15, 0.2) is 23.3 Å². The highest BCUT2D eigenvalue weighted by Crippen LogP contribution is 2.72. The number of carbonyl (C=O) groups is 3. The van der Waals surface area contributed by atoms with Gasteiger partial charge >= 0.3 is 11.9 Å². The van der Waals surface area contributed by atoms with Gasteiger partial charge in [0, 0.05) is 11.3 Å². The van der Waals surface area contributed by atoms with E-state index in [2.05, 4.69) is 13.8 Å². The molecule has 2 saturated heterocycles. The molecule has 4 bridgehead atoms. The minimum Gasteiger partial charge on any atom is -0.452 e. The summed E-state index contributed by atoms with van der Waals surface area (Å²) in [5, 5.41) is 13.3. The van der Waals surface area contributed by atoms with Crippen LogP contribution in [0.25, 0.3) is 0 Å². The summed E-state index contributed by atoms with van der Waals surface area (Å²) >= 11 is 0. The zero-order valence-corrected chi connectivity index (χ0v) is 25.8. The molecule has 0 amide bonds. The Labute approximate surface area is 242 Å². The summed E-state index contributed by atoms with van der Waals surface area (Å²) in [5.41, 5.74) is -4.96. The second-order valence-corrected chi connectivity index (χ2v) is 16.0. The molecule has 2 aliphatic heterocycles. The standard InChI is InChI=1S/C33H44O8/c1-16-14-31-17(2)12-20-21(27(20,3)4)19(22(31)34)13-18-15-38-29(7,8)40-24(18)33(31,37)23(16)39-26(36)32-11-10-30(9,25(35)41-32)28(32,5)6/h13-14,17,19-21,23-24,37H,10-12,15H2,1-9H3/t17?,19-,20+,21-,23-,24?,30?,31?,32?,33+/m0/s1. The van der Waals surface area contributed by atoms with Gasteiger partial charge in [-0.05, 0) is 81.3 Å². The normalized spacial score (nSPS) is 51.3. The van der Waals surface area contributed by atoms with E-state index in [1.54, 1.807) is 13.8 Å². The number of Topliss-reactive ketones (excluding diaryl/α,β-unsaturated/α-hetero) is 1. The largest absolute Gasteiger partial charge is 0.452 e. The van der Waals surface area contributed by atoms with E-state index in [1.165, 1.54) is 0 Å². The number of ketones is 1. The summed E-state index contributed by atoms with van der Waals surface area (Å²) < 4.78 is 24.8. The highest BCUT2D eigenvalue weighted by Gasteiger charge is 2.80. The van der Waals surface area contributed by atoms with E-state index < -0.39 is 63.3 Å². The third-order valence-electron chi connectivity index (χ3n) is 13.3. The first-order valence-electron chi connectivity index (χ1n) is 15.2. The third-order valence-corrected chi connectivity index (χ3v) is 13.3. The van der Waals surface area contributed by atoms with Gasteiger partial charge in [-0.3, -0.25) is 9.59 Å². The summed E-state index contributed by atoms with van der Waals surface area (Å²) in [4.78, 5) is 42.1. The van der Waals surface area contributed by atoms with Crippen molar-refractivity contribution in [1.29, 1.82) is 0 Å². The third kappa shape index (κ3) is 2.86. The molecule has 7 rings (SSSR count). The van der Waals surface area contributed by atoms with Crippen molar-refractivity contribution >= 4 is 17.7 Å². The van der Waals surface area contributed by atoms with Crippen LogP contribution in [0.2, 0.25) is 0 Å². The second-order valence-electron chi connectivity index (χ2n) is 16.0. The predicted molar refractivity (Wildman–Crippen MR) is 147 cm³/mol. The van der Waals surface area contributed by atoms with Crippen LogP contribution in [0.1, 0.15) is 81.6 Å². The van der Waals surface area contributed by atoms with Crippen molar-refractivity contribution < 1.29 is 38.4 Å². The summed E-state index contributed by atoms with van der Waals surface area (Å²) in [6, 6.07) is 0. The van der Waals surface area contributed by atoms with E-state index in [9.17, 15) is 19.5 Å². The molecule has 41 heavy (non-hydrogen) atoms. The van der Waals surface area contributed by atoms with Crippen LogP contribution in [0.5, 0.6) is 0 Å². The molecule has 5 fully saturated rings. The van der Waals surface area contributed by atoms with Gasteiger partial charge in [0.25, 0.3) is 0 Å². The first-order valence-corrected chi connectivity index (χ1v) is 15.2. The fraction of sp³-hybridized carbons (Fsp3) is 0.788. The number of hydrogen-bond acceptors (Lipinski definition) is 8. The molecule has 5 unspecified atom stereocenters. The molecule has 3 saturated carbocycles. The Morgan fingerprint density at radius 2 is 1.76 bits per heavy atom. The minimum absolute atomic E-state index is 0.0102. The van der Waals surface area contributed by atoms with Crippen molar-refractivity contribution in [2.75, 3.05) is 6.61 Å². The van der Waals surface area contributed by atoms with Crippen LogP contribution in [-0.2, 0) is 33.3 Å². The fourth-order valence-electron chi connectivity index (χ4n) is 10.2. The van der Waals surface area contributed by atoms with E-state index in [0.717, 1.165) is 6.42 Å². The van der Waals surface area contributed by atoms with Crippen molar-refractivity contribution in [2.45, 2.75) is 111 Å². The Bertz CT molecular complexity index is 1350. The topological polar surface area (TPSA) is 108 Å². The number of allylic oxidation sites excluding steroid dienone is 1. The van der Waals surface area contributed by atoms with Gasteiger partial charge in [-0.1, -0.05) is 46.8 Å². The maximum absolute atomic E-state index is 14.9. The molecule has 0 aromatic heterocycles. The lowest BCUT2D eigenvalue weighted by molar-refractivity contribution is -0.305. The van der Waals surface area contributed by atoms with Crippen LogP contribution in [0.3, 0.4) is 0 Å². The Balaban J connectivity index is 1.37. The maximum atomic E-state index is 14.9. The SMILES string of the molecule is CC1=CC23C(=O)[C@@H](C=C4COC(C)(C)OC4[C@]2(O)[C@H]1OC(=O)C12CCC(C)(C(=O)O1)C2(C)C)[C@H]1[C@@H](CC3C)C1(C)C. The van der Waals surface area contributed by atoms with E-state index in [1.807, 2.05) is 46.8 Å². The highest BCUT2D eigenvalue weighted by molar-refractivity contribution is 5.96. The van der Waals surface area contributed by atoms with E-state index >= 15 is 0 Å². The Hall–Kier alpha value is -2.03. The molecule has 5 aliphatic carbocycles. The number of carbonyl (C=O) groups excluding carboxylic acids is 3. The van der Waals surface area contributed by atoms with Crippen molar-refractivity contribution in [3.8, 4) is 0 Å². The summed E-state index contributed by atoms with van der Waals surface area (Å²) in [6.07, 6.45) is 3.42. The number of esters is 2. The quantitative estimate of drug-likeness (QED) is 0.388. The van der Waals surface area contributed by atoms with Crippen LogP contribution in [-0.4, -0.2) is 58.6 Å². The molecule has 0 aromatic rings. The van der Waals surface area contributed by atoms with Crippen molar-refractivity contribution in [3.05, 3.63) is 23.3 Å². The lowest BCUT2D eigenvalue weighted by Gasteiger charge is -2.53. The summed E-state index contributed by atoms with van der Waals surface area (Å²) in [5.74, 6) is -2.26. The molecule has 2 heterocycles. The highest BCUT2D eigenvalue weighted by atomic mass is 16.7. The van der Waals surface area contributed by atoms with E-state index in [0.29, 0.717) is 29.9 Å². The van der Waals surface area contributed by atoms with Gasteiger partial charge in [-0.15, -0.1) is 0 Å². The van der Waals surface area contributed by atoms with Crippen molar-refractivity contribution in [1.82, 2.24) is 0 Å². The Kier molecular flexibility index (Phi) is 5.11. The zero-order chi connectivity index (χ0) is 29.9. The first kappa shape index (κ1) is 27.8. The molecule has 10 atom stereocenters. The van der Waals surface area contributed by atoms with Gasteiger partial charge in [0.1, 0.15) is 6.10 Å². The number of aliphatic hydroxyl groups is 1. The summed E-state index contributed by atoms with van der Waals surface area (Å²) in [6.45, 7) is 17.7. The van der Waals surface area contributed by atoms with Crippen LogP contribution in [0.15, 0.2) is 23.3 Å². The number of rotatable bonds is 2. The average Bonchev–Trinajstić information content (AvgIpc) is 3.21. The predicted octanol–water partition coefficient (Wildman–Crippen LogP) is 4.29. The van der Waals surface area contributed by atoms with E-state index in [4.69, 9.17) is 18.9 Å². The van der Waals surface area contributed by atoms with Gasteiger partial charge in [-0.2, -0.15) is 0 Å². The van der Waals surface area contributed by atoms with E-state index in [-0.39, 0.29) is 29.6 Å².